The van der Waals surface area contributed by atoms with Crippen molar-refractivity contribution in [1.82, 2.24) is 20.9 Å². The fourth-order valence-electron chi connectivity index (χ4n) is 4.08. The van der Waals surface area contributed by atoms with E-state index < -0.39 is 53.7 Å². The van der Waals surface area contributed by atoms with Gasteiger partial charge in [0.1, 0.15) is 17.8 Å². The number of ether oxygens (including phenoxy) is 1. The van der Waals surface area contributed by atoms with Crippen LogP contribution in [0.1, 0.15) is 41.4 Å². The van der Waals surface area contributed by atoms with Crippen molar-refractivity contribution in [2.24, 2.45) is 5.92 Å². The maximum atomic E-state index is 13.6. The van der Waals surface area contributed by atoms with Crippen molar-refractivity contribution in [3.05, 3.63) is 95.8 Å². The molecule has 3 atom stereocenters. The van der Waals surface area contributed by atoms with Gasteiger partial charge in [0.25, 0.3) is 11.7 Å². The molecular formula is C30H31F3N4O5. The Morgan fingerprint density at radius 1 is 0.857 bits per heavy atom. The van der Waals surface area contributed by atoms with E-state index in [0.717, 1.165) is 0 Å². The van der Waals surface area contributed by atoms with Crippen LogP contribution in [0.4, 0.5) is 13.2 Å². The average molecular weight is 585 g/mol. The molecule has 3 aromatic rings. The first kappa shape index (κ1) is 31.8. The first-order valence-corrected chi connectivity index (χ1v) is 13.0. The molecule has 12 heteroatoms. The van der Waals surface area contributed by atoms with Gasteiger partial charge in [-0.3, -0.25) is 24.2 Å². The second-order valence-electron chi connectivity index (χ2n) is 9.76. The second kappa shape index (κ2) is 14.2. The summed E-state index contributed by atoms with van der Waals surface area (Å²) in [5.41, 5.74) is 1.10. The van der Waals surface area contributed by atoms with Crippen molar-refractivity contribution < 1.29 is 37.1 Å². The summed E-state index contributed by atoms with van der Waals surface area (Å²) < 4.78 is 45.0. The predicted octanol–water partition coefficient (Wildman–Crippen LogP) is 3.56. The number of nitrogens with zero attached hydrogens (tertiary/aromatic N) is 1. The van der Waals surface area contributed by atoms with Gasteiger partial charge >= 0.3 is 6.18 Å². The molecule has 0 radical (unpaired) electrons. The number of rotatable bonds is 12. The maximum absolute atomic E-state index is 13.6. The third-order valence-corrected chi connectivity index (χ3v) is 6.34. The van der Waals surface area contributed by atoms with Crippen LogP contribution < -0.4 is 20.7 Å². The largest absolute Gasteiger partial charge is 0.497 e. The number of halogens is 3. The zero-order chi connectivity index (χ0) is 30.9. The van der Waals surface area contributed by atoms with Gasteiger partial charge in [-0.2, -0.15) is 13.2 Å². The van der Waals surface area contributed by atoms with Gasteiger partial charge in [-0.05, 0) is 47.4 Å². The molecule has 42 heavy (non-hydrogen) atoms. The summed E-state index contributed by atoms with van der Waals surface area (Å²) in [6.45, 7) is 2.72. The van der Waals surface area contributed by atoms with E-state index >= 15 is 0 Å². The number of carbonyl (C=O) groups is 4. The van der Waals surface area contributed by atoms with Gasteiger partial charge in [0, 0.05) is 24.4 Å². The van der Waals surface area contributed by atoms with Crippen molar-refractivity contribution in [3.63, 3.8) is 0 Å². The van der Waals surface area contributed by atoms with Gasteiger partial charge in [0.05, 0.1) is 13.2 Å². The Bertz CT molecular complexity index is 1370. The quantitative estimate of drug-likeness (QED) is 0.299. The molecule has 3 N–H and O–H groups in total. The van der Waals surface area contributed by atoms with Crippen molar-refractivity contribution in [3.8, 4) is 5.75 Å². The highest BCUT2D eigenvalue weighted by molar-refractivity contribution is 5.99. The first-order chi connectivity index (χ1) is 19.9. The summed E-state index contributed by atoms with van der Waals surface area (Å²) in [7, 11) is 1.43. The number of pyridine rings is 1. The number of hydrogen-bond donors (Lipinski definition) is 3. The summed E-state index contributed by atoms with van der Waals surface area (Å²) in [5, 5.41) is 7.37. The van der Waals surface area contributed by atoms with Crippen LogP contribution in [0.25, 0.3) is 0 Å². The van der Waals surface area contributed by atoms with E-state index in [4.69, 9.17) is 4.74 Å². The zero-order valence-corrected chi connectivity index (χ0v) is 23.1. The van der Waals surface area contributed by atoms with Gasteiger partial charge < -0.3 is 20.7 Å². The average Bonchev–Trinajstić information content (AvgIpc) is 2.98. The third kappa shape index (κ3) is 8.63. The van der Waals surface area contributed by atoms with Crippen molar-refractivity contribution in [2.45, 2.75) is 44.6 Å². The predicted molar refractivity (Wildman–Crippen MR) is 147 cm³/mol. The lowest BCUT2D eigenvalue weighted by molar-refractivity contribution is -0.175. The molecule has 2 aromatic carbocycles. The molecular weight excluding hydrogens is 553 g/mol. The Morgan fingerprint density at radius 3 is 2.07 bits per heavy atom. The normalized spacial score (nSPS) is 13.4. The molecule has 0 aliphatic carbocycles. The molecule has 9 nitrogen and oxygen atoms in total. The molecule has 3 rings (SSSR count). The summed E-state index contributed by atoms with van der Waals surface area (Å²) in [4.78, 5) is 56.1. The van der Waals surface area contributed by atoms with Crippen LogP contribution in [-0.4, -0.2) is 53.9 Å². The van der Waals surface area contributed by atoms with Crippen molar-refractivity contribution in [2.75, 3.05) is 7.11 Å². The molecule has 0 saturated heterocycles. The Labute approximate surface area is 240 Å². The Kier molecular flexibility index (Phi) is 10.8. The van der Waals surface area contributed by atoms with Crippen LogP contribution in [0.15, 0.2) is 79.1 Å². The van der Waals surface area contributed by atoms with E-state index in [9.17, 15) is 32.3 Å². The van der Waals surface area contributed by atoms with Crippen LogP contribution in [-0.2, 0) is 20.8 Å². The molecule has 0 saturated carbocycles. The summed E-state index contributed by atoms with van der Waals surface area (Å²) in [5.74, 6) is -4.97. The van der Waals surface area contributed by atoms with Crippen LogP contribution in [0, 0.1) is 5.92 Å². The standard InChI is InChI=1S/C30H31F3N4O5/c1-18(2)24(26(38)30(31,32)33)36-29(41)25(20-11-13-22(42-3)14-12-20)37-28(40)23(16-19-8-7-15-34-17-19)35-27(39)21-9-5-4-6-10-21/h4-15,17-18,23-25H,16H2,1-3H3,(H,35,39)(H,36,41)(H,37,40). The van der Waals surface area contributed by atoms with Gasteiger partial charge in [0.2, 0.25) is 11.8 Å². The Hall–Kier alpha value is -4.74. The highest BCUT2D eigenvalue weighted by Gasteiger charge is 2.45. The number of ketones is 1. The molecule has 222 valence electrons. The van der Waals surface area contributed by atoms with Gasteiger partial charge in [-0.25, -0.2) is 0 Å². The summed E-state index contributed by atoms with van der Waals surface area (Å²) in [6.07, 6.45) is -2.13. The number of amides is 3. The van der Waals surface area contributed by atoms with E-state index in [1.807, 2.05) is 0 Å². The molecule has 0 aliphatic heterocycles. The third-order valence-electron chi connectivity index (χ3n) is 6.34. The minimum atomic E-state index is -5.18. The molecule has 0 aliphatic rings. The maximum Gasteiger partial charge on any atom is 0.452 e. The van der Waals surface area contributed by atoms with E-state index in [1.54, 1.807) is 48.7 Å². The van der Waals surface area contributed by atoms with Crippen molar-refractivity contribution in [1.29, 1.82) is 0 Å². The minimum absolute atomic E-state index is 0.00359. The number of benzene rings is 2. The van der Waals surface area contributed by atoms with Crippen LogP contribution in [0.5, 0.6) is 5.75 Å². The van der Waals surface area contributed by atoms with E-state index in [-0.39, 0.29) is 17.5 Å². The SMILES string of the molecule is COc1ccc(C(NC(=O)C(Cc2cccnc2)NC(=O)c2ccccc2)C(=O)NC(C(=O)C(F)(F)F)C(C)C)cc1. The summed E-state index contributed by atoms with van der Waals surface area (Å²) in [6, 6.07) is 12.8. The zero-order valence-electron chi connectivity index (χ0n) is 23.1. The number of aromatic nitrogens is 1. The molecule has 1 aromatic heterocycles. The topological polar surface area (TPSA) is 126 Å². The number of methoxy groups -OCH3 is 1. The lowest BCUT2D eigenvalue weighted by Gasteiger charge is -2.27. The van der Waals surface area contributed by atoms with Gasteiger partial charge in [-0.1, -0.05) is 50.2 Å². The molecule has 0 fully saturated rings. The van der Waals surface area contributed by atoms with Gasteiger partial charge in [0.15, 0.2) is 0 Å². The van der Waals surface area contributed by atoms with Crippen molar-refractivity contribution >= 4 is 23.5 Å². The highest BCUT2D eigenvalue weighted by Crippen LogP contribution is 2.23. The smallest absolute Gasteiger partial charge is 0.452 e. The lowest BCUT2D eigenvalue weighted by Crippen LogP contribution is -2.55. The number of alkyl halides is 3. The van der Waals surface area contributed by atoms with Gasteiger partial charge in [-0.15, -0.1) is 0 Å². The first-order valence-electron chi connectivity index (χ1n) is 13.0. The second-order valence-corrected chi connectivity index (χ2v) is 9.76. The number of carbonyl (C=O) groups excluding carboxylic acids is 4. The fourth-order valence-corrected chi connectivity index (χ4v) is 4.08. The monoisotopic (exact) mass is 584 g/mol. The number of Topliss-reactive ketones (excluding diaryl/α,β-unsaturated/α-hetero) is 1. The molecule has 3 amide bonds. The summed E-state index contributed by atoms with van der Waals surface area (Å²) >= 11 is 0. The molecule has 3 unspecified atom stereocenters. The molecule has 1 heterocycles. The molecule has 0 spiro atoms. The fraction of sp³-hybridized carbons (Fsp3) is 0.300. The lowest BCUT2D eigenvalue weighted by atomic mass is 9.97. The number of nitrogens with one attached hydrogen (secondary N) is 3. The minimum Gasteiger partial charge on any atom is -0.497 e. The number of hydrogen-bond acceptors (Lipinski definition) is 6. The van der Waals surface area contributed by atoms with Crippen LogP contribution >= 0.6 is 0 Å². The highest BCUT2D eigenvalue weighted by atomic mass is 19.4. The van der Waals surface area contributed by atoms with E-state index in [1.165, 1.54) is 51.4 Å². The van der Waals surface area contributed by atoms with E-state index in [0.29, 0.717) is 11.3 Å². The molecule has 0 bridgehead atoms. The van der Waals surface area contributed by atoms with Crippen LogP contribution in [0.3, 0.4) is 0 Å². The Balaban J connectivity index is 1.94. The van der Waals surface area contributed by atoms with Crippen LogP contribution in [0.2, 0.25) is 0 Å². The Morgan fingerprint density at radius 2 is 1.52 bits per heavy atom. The van der Waals surface area contributed by atoms with E-state index in [2.05, 4.69) is 20.9 Å².